The highest BCUT2D eigenvalue weighted by Gasteiger charge is 2.11. The van der Waals surface area contributed by atoms with E-state index in [1.165, 1.54) is 18.2 Å². The maximum Gasteiger partial charge on any atom is 0.339 e. The Morgan fingerprint density at radius 2 is 1.82 bits per heavy atom. The van der Waals surface area contributed by atoms with Crippen molar-refractivity contribution in [3.05, 3.63) is 54.1 Å². The Labute approximate surface area is 127 Å². The maximum absolute atomic E-state index is 11.8. The van der Waals surface area contributed by atoms with E-state index >= 15 is 0 Å². The molecule has 0 saturated heterocycles. The molecule has 2 rings (SSSR count). The number of phenols is 1. The van der Waals surface area contributed by atoms with Crippen LogP contribution in [0.1, 0.15) is 16.8 Å². The number of para-hydroxylation sites is 1. The number of carbonyl (C=O) groups excluding carboxylic acids is 1. The number of ether oxygens (including phenoxy) is 1. The average Bonchev–Trinajstić information content (AvgIpc) is 2.50. The first-order chi connectivity index (χ1) is 10.6. The van der Waals surface area contributed by atoms with E-state index in [1.807, 2.05) is 18.2 Å². The largest absolute Gasteiger partial charge is 0.507 e. The van der Waals surface area contributed by atoms with Gasteiger partial charge in [-0.15, -0.1) is 0 Å². The minimum atomic E-state index is -1.26. The summed E-state index contributed by atoms with van der Waals surface area (Å²) in [6.07, 6.45) is 0.123. The van der Waals surface area contributed by atoms with E-state index in [0.717, 1.165) is 0 Å². The van der Waals surface area contributed by atoms with Crippen LogP contribution in [0.25, 0.3) is 0 Å². The summed E-state index contributed by atoms with van der Waals surface area (Å²) < 4.78 is 5.40. The van der Waals surface area contributed by atoms with E-state index < -0.39 is 5.97 Å². The fourth-order valence-corrected chi connectivity index (χ4v) is 1.79. The highest BCUT2D eigenvalue weighted by atomic mass is 16.5. The normalized spacial score (nSPS) is 10.0. The molecule has 2 aromatic carbocycles. The summed E-state index contributed by atoms with van der Waals surface area (Å²) in [4.78, 5) is 22.7. The van der Waals surface area contributed by atoms with Gasteiger partial charge in [-0.25, -0.2) is 4.79 Å². The van der Waals surface area contributed by atoms with Crippen molar-refractivity contribution in [1.82, 2.24) is 0 Å². The van der Waals surface area contributed by atoms with Crippen LogP contribution in [0.3, 0.4) is 0 Å². The van der Waals surface area contributed by atoms with Gasteiger partial charge in [-0.1, -0.05) is 18.2 Å². The molecule has 0 spiro atoms. The summed E-state index contributed by atoms with van der Waals surface area (Å²) in [5, 5.41) is 20.8. The number of aromatic hydroxyl groups is 1. The van der Waals surface area contributed by atoms with Gasteiger partial charge < -0.3 is 20.3 Å². The van der Waals surface area contributed by atoms with Crippen LogP contribution in [-0.2, 0) is 4.79 Å². The molecule has 0 heterocycles. The van der Waals surface area contributed by atoms with Gasteiger partial charge in [0.2, 0.25) is 5.91 Å². The Hall–Kier alpha value is -3.02. The maximum atomic E-state index is 11.8. The number of hydrogen-bond acceptors (Lipinski definition) is 4. The molecular weight excluding hydrogens is 286 g/mol. The molecule has 0 atom stereocenters. The molecule has 0 radical (unpaired) electrons. The van der Waals surface area contributed by atoms with Crippen molar-refractivity contribution in [3.63, 3.8) is 0 Å². The fourth-order valence-electron chi connectivity index (χ4n) is 1.79. The van der Waals surface area contributed by atoms with Crippen LogP contribution in [0.4, 0.5) is 5.69 Å². The lowest BCUT2D eigenvalue weighted by molar-refractivity contribution is -0.116. The fraction of sp³-hybridized carbons (Fsp3) is 0.125. The van der Waals surface area contributed by atoms with Crippen molar-refractivity contribution in [3.8, 4) is 11.5 Å². The Morgan fingerprint density at radius 3 is 2.50 bits per heavy atom. The van der Waals surface area contributed by atoms with Crippen LogP contribution >= 0.6 is 0 Å². The molecule has 0 aliphatic carbocycles. The summed E-state index contributed by atoms with van der Waals surface area (Å²) in [7, 11) is 0. The zero-order valence-corrected chi connectivity index (χ0v) is 11.7. The number of carboxylic acid groups (broad SMARTS) is 1. The lowest BCUT2D eigenvalue weighted by atomic mass is 10.2. The van der Waals surface area contributed by atoms with Gasteiger partial charge in [-0.3, -0.25) is 4.79 Å². The SMILES string of the molecule is O=C(CCOc1ccccc1)Nc1ccc(O)c(C(=O)O)c1. The van der Waals surface area contributed by atoms with Crippen molar-refractivity contribution in [2.75, 3.05) is 11.9 Å². The first-order valence-electron chi connectivity index (χ1n) is 6.60. The van der Waals surface area contributed by atoms with Crippen molar-refractivity contribution in [2.24, 2.45) is 0 Å². The van der Waals surface area contributed by atoms with E-state index in [-0.39, 0.29) is 30.2 Å². The molecule has 0 bridgehead atoms. The van der Waals surface area contributed by atoms with Gasteiger partial charge >= 0.3 is 5.97 Å². The number of rotatable bonds is 6. The summed E-state index contributed by atoms with van der Waals surface area (Å²) in [5.41, 5.74) is 0.0400. The summed E-state index contributed by atoms with van der Waals surface area (Å²) in [5.74, 6) is -1.25. The zero-order valence-electron chi connectivity index (χ0n) is 11.7. The minimum absolute atomic E-state index is 0.123. The number of hydrogen-bond donors (Lipinski definition) is 3. The van der Waals surface area contributed by atoms with Crippen molar-refractivity contribution < 1.29 is 24.5 Å². The van der Waals surface area contributed by atoms with E-state index in [1.54, 1.807) is 12.1 Å². The molecule has 3 N–H and O–H groups in total. The van der Waals surface area contributed by atoms with Crippen molar-refractivity contribution >= 4 is 17.6 Å². The average molecular weight is 301 g/mol. The van der Waals surface area contributed by atoms with Crippen LogP contribution < -0.4 is 10.1 Å². The smallest absolute Gasteiger partial charge is 0.339 e. The van der Waals surface area contributed by atoms with Gasteiger partial charge in [0.25, 0.3) is 0 Å². The second-order valence-electron chi connectivity index (χ2n) is 4.50. The van der Waals surface area contributed by atoms with Gasteiger partial charge in [0.05, 0.1) is 13.0 Å². The quantitative estimate of drug-likeness (QED) is 0.712. The van der Waals surface area contributed by atoms with Gasteiger partial charge in [0, 0.05) is 5.69 Å². The first-order valence-corrected chi connectivity index (χ1v) is 6.60. The molecule has 0 aliphatic rings. The van der Waals surface area contributed by atoms with Crippen LogP contribution in [0.15, 0.2) is 48.5 Å². The van der Waals surface area contributed by atoms with Gasteiger partial charge in [0.15, 0.2) is 0 Å². The minimum Gasteiger partial charge on any atom is -0.507 e. The van der Waals surface area contributed by atoms with Gasteiger partial charge in [-0.2, -0.15) is 0 Å². The Bertz CT molecular complexity index is 669. The monoisotopic (exact) mass is 301 g/mol. The van der Waals surface area contributed by atoms with Crippen molar-refractivity contribution in [1.29, 1.82) is 0 Å². The molecule has 2 aromatic rings. The molecule has 6 heteroatoms. The third-order valence-electron chi connectivity index (χ3n) is 2.85. The first kappa shape index (κ1) is 15.4. The third-order valence-corrected chi connectivity index (χ3v) is 2.85. The predicted octanol–water partition coefficient (Wildman–Crippen LogP) is 2.50. The number of aromatic carboxylic acids is 1. The molecule has 114 valence electrons. The number of benzene rings is 2. The number of anilines is 1. The summed E-state index contributed by atoms with van der Waals surface area (Å²) in [6.45, 7) is 0.208. The molecule has 22 heavy (non-hydrogen) atoms. The highest BCUT2D eigenvalue weighted by Crippen LogP contribution is 2.21. The predicted molar refractivity (Wildman–Crippen MR) is 80.2 cm³/mol. The molecule has 0 aromatic heterocycles. The molecule has 1 amide bonds. The topological polar surface area (TPSA) is 95.9 Å². The van der Waals surface area contributed by atoms with Crippen molar-refractivity contribution in [2.45, 2.75) is 6.42 Å². The van der Waals surface area contributed by atoms with E-state index in [2.05, 4.69) is 5.32 Å². The number of nitrogens with one attached hydrogen (secondary N) is 1. The third kappa shape index (κ3) is 4.24. The molecular formula is C16H15NO5. The molecule has 0 unspecified atom stereocenters. The van der Waals surface area contributed by atoms with E-state index in [0.29, 0.717) is 11.4 Å². The van der Waals surface area contributed by atoms with Crippen LogP contribution in [0.2, 0.25) is 0 Å². The Morgan fingerprint density at radius 1 is 1.09 bits per heavy atom. The Balaban J connectivity index is 1.87. The number of amides is 1. The molecule has 0 fully saturated rings. The standard InChI is InChI=1S/C16H15NO5/c18-14-7-6-11(10-13(14)16(20)21)17-15(19)8-9-22-12-4-2-1-3-5-12/h1-7,10,18H,8-9H2,(H,17,19)(H,20,21). The van der Waals surface area contributed by atoms with Crippen LogP contribution in [0.5, 0.6) is 11.5 Å². The van der Waals surface area contributed by atoms with Crippen LogP contribution in [0, 0.1) is 0 Å². The molecule has 0 aliphatic heterocycles. The lowest BCUT2D eigenvalue weighted by Crippen LogP contribution is -2.15. The highest BCUT2D eigenvalue weighted by molar-refractivity contribution is 5.95. The number of carboxylic acids is 1. The molecule has 0 saturated carbocycles. The van der Waals surface area contributed by atoms with Gasteiger partial charge in [0.1, 0.15) is 17.1 Å². The van der Waals surface area contributed by atoms with E-state index in [9.17, 15) is 14.7 Å². The van der Waals surface area contributed by atoms with Gasteiger partial charge in [-0.05, 0) is 30.3 Å². The van der Waals surface area contributed by atoms with E-state index in [4.69, 9.17) is 9.84 Å². The summed E-state index contributed by atoms with van der Waals surface area (Å²) >= 11 is 0. The Kier molecular flexibility index (Phi) is 4.98. The molecule has 6 nitrogen and oxygen atoms in total. The van der Waals surface area contributed by atoms with Crippen LogP contribution in [-0.4, -0.2) is 28.7 Å². The summed E-state index contributed by atoms with van der Waals surface area (Å²) in [6, 6.07) is 13.0. The second kappa shape index (κ2) is 7.12. The lowest BCUT2D eigenvalue weighted by Gasteiger charge is -2.08. The second-order valence-corrected chi connectivity index (χ2v) is 4.50. The zero-order chi connectivity index (χ0) is 15.9. The number of carbonyl (C=O) groups is 2.